The number of carbonyl (C=O) groups excluding carboxylic acids is 1. The van der Waals surface area contributed by atoms with Gasteiger partial charge in [0, 0.05) is 18.4 Å². The molecule has 0 fully saturated rings. The molecular weight excluding hydrogens is 372 g/mol. The fraction of sp³-hybridized carbons (Fsp3) is 0.609. The van der Waals surface area contributed by atoms with Gasteiger partial charge < -0.3 is 14.2 Å². The Labute approximate surface area is 175 Å². The number of methoxy groups -OCH3 is 1. The smallest absolute Gasteiger partial charge is 0.311 e. The molecule has 5 heteroatoms. The van der Waals surface area contributed by atoms with Crippen molar-refractivity contribution in [1.29, 1.82) is 0 Å². The normalized spacial score (nSPS) is 13.8. The number of benzene rings is 1. The Balaban J connectivity index is 2.18. The van der Waals surface area contributed by atoms with Gasteiger partial charge in [0.15, 0.2) is 6.29 Å². The number of rotatable bonds is 13. The van der Waals surface area contributed by atoms with Crippen LogP contribution < -0.4 is 0 Å². The summed E-state index contributed by atoms with van der Waals surface area (Å²) in [7, 11) is 1.65. The second-order valence-electron chi connectivity index (χ2n) is 7.99. The van der Waals surface area contributed by atoms with Gasteiger partial charge in [0.1, 0.15) is 0 Å². The van der Waals surface area contributed by atoms with Gasteiger partial charge in [0.05, 0.1) is 18.1 Å². The van der Waals surface area contributed by atoms with E-state index in [9.17, 15) is 4.79 Å². The van der Waals surface area contributed by atoms with E-state index in [-0.39, 0.29) is 18.4 Å². The summed E-state index contributed by atoms with van der Waals surface area (Å²) in [4.78, 5) is 14.1. The van der Waals surface area contributed by atoms with E-state index in [1.54, 1.807) is 18.9 Å². The van der Waals surface area contributed by atoms with Crippen molar-refractivity contribution >= 4 is 17.7 Å². The molecule has 4 nitrogen and oxygen atoms in total. The lowest BCUT2D eigenvalue weighted by Crippen LogP contribution is -2.25. The molecule has 0 saturated heterocycles. The zero-order valence-corrected chi connectivity index (χ0v) is 18.8. The first-order chi connectivity index (χ1) is 13.2. The molecule has 28 heavy (non-hydrogen) atoms. The first-order valence-corrected chi connectivity index (χ1v) is 10.8. The lowest BCUT2D eigenvalue weighted by molar-refractivity contribution is -0.162. The average Bonchev–Trinajstić information content (AvgIpc) is 2.64. The second-order valence-corrected chi connectivity index (χ2v) is 9.24. The maximum Gasteiger partial charge on any atom is 0.311 e. The summed E-state index contributed by atoms with van der Waals surface area (Å²) in [6, 6.07) is 10.3. The van der Waals surface area contributed by atoms with Crippen LogP contribution in [0.4, 0.5) is 0 Å². The van der Waals surface area contributed by atoms with Crippen LogP contribution in [0.2, 0.25) is 0 Å². The Bertz CT molecular complexity index is 580. The SMILES string of the molecule is C=C(CCC[C@@H](C)OC(CCCOC(=O)C(C)(C)C)OC)Sc1ccccc1. The summed E-state index contributed by atoms with van der Waals surface area (Å²) in [6.07, 6.45) is 4.20. The third-order valence-electron chi connectivity index (χ3n) is 4.15. The molecule has 0 aromatic heterocycles. The summed E-state index contributed by atoms with van der Waals surface area (Å²) in [5.74, 6) is -0.177. The Morgan fingerprint density at radius 3 is 2.43 bits per heavy atom. The summed E-state index contributed by atoms with van der Waals surface area (Å²) in [5.41, 5.74) is -0.464. The molecule has 1 rings (SSSR count). The Morgan fingerprint density at radius 1 is 1.14 bits per heavy atom. The van der Waals surface area contributed by atoms with Gasteiger partial charge in [-0.25, -0.2) is 0 Å². The van der Waals surface area contributed by atoms with E-state index in [2.05, 4.69) is 25.6 Å². The minimum absolute atomic E-state index is 0.108. The van der Waals surface area contributed by atoms with Gasteiger partial charge >= 0.3 is 5.97 Å². The van der Waals surface area contributed by atoms with E-state index in [4.69, 9.17) is 14.2 Å². The largest absolute Gasteiger partial charge is 0.465 e. The quantitative estimate of drug-likeness (QED) is 0.168. The third kappa shape index (κ3) is 10.9. The maximum atomic E-state index is 11.8. The molecule has 0 heterocycles. The number of thioether (sulfide) groups is 1. The van der Waals surface area contributed by atoms with Crippen LogP contribution in [0.5, 0.6) is 0 Å². The molecule has 1 aromatic rings. The van der Waals surface area contributed by atoms with Gasteiger partial charge in [0.25, 0.3) is 0 Å². The van der Waals surface area contributed by atoms with Crippen LogP contribution in [0.3, 0.4) is 0 Å². The fourth-order valence-electron chi connectivity index (χ4n) is 2.49. The second kappa shape index (κ2) is 13.0. The molecule has 0 amide bonds. The first kappa shape index (κ1) is 24.7. The summed E-state index contributed by atoms with van der Waals surface area (Å²) in [6.45, 7) is 12.2. The number of esters is 1. The van der Waals surface area contributed by atoms with Crippen LogP contribution in [0, 0.1) is 5.41 Å². The molecule has 0 aliphatic heterocycles. The number of carbonyl (C=O) groups is 1. The van der Waals surface area contributed by atoms with Gasteiger partial charge in [-0.3, -0.25) is 4.79 Å². The van der Waals surface area contributed by atoms with Crippen molar-refractivity contribution in [1.82, 2.24) is 0 Å². The van der Waals surface area contributed by atoms with Gasteiger partial charge in [0.2, 0.25) is 0 Å². The maximum absolute atomic E-state index is 11.8. The van der Waals surface area contributed by atoms with Crippen LogP contribution in [0.15, 0.2) is 46.7 Å². The van der Waals surface area contributed by atoms with E-state index >= 15 is 0 Å². The highest BCUT2D eigenvalue weighted by molar-refractivity contribution is 8.03. The zero-order valence-electron chi connectivity index (χ0n) is 18.0. The fourth-order valence-corrected chi connectivity index (χ4v) is 3.37. The predicted octanol–water partition coefficient (Wildman–Crippen LogP) is 6.21. The van der Waals surface area contributed by atoms with Crippen LogP contribution in [-0.2, 0) is 19.0 Å². The monoisotopic (exact) mass is 408 g/mol. The molecule has 0 bridgehead atoms. The number of ether oxygens (including phenoxy) is 3. The minimum Gasteiger partial charge on any atom is -0.465 e. The number of hydrogen-bond acceptors (Lipinski definition) is 5. The van der Waals surface area contributed by atoms with Crippen LogP contribution in [0.1, 0.15) is 59.8 Å². The lowest BCUT2D eigenvalue weighted by Gasteiger charge is -2.22. The van der Waals surface area contributed by atoms with Crippen molar-refractivity contribution in [3.05, 3.63) is 41.8 Å². The third-order valence-corrected chi connectivity index (χ3v) is 5.15. The number of hydrogen-bond donors (Lipinski definition) is 0. The molecule has 1 aromatic carbocycles. The van der Waals surface area contributed by atoms with Crippen molar-refractivity contribution in [2.75, 3.05) is 13.7 Å². The summed E-state index contributed by atoms with van der Waals surface area (Å²) < 4.78 is 16.7. The molecule has 0 spiro atoms. The predicted molar refractivity (Wildman–Crippen MR) is 116 cm³/mol. The highest BCUT2D eigenvalue weighted by atomic mass is 32.2. The first-order valence-electron chi connectivity index (χ1n) is 9.98. The van der Waals surface area contributed by atoms with E-state index in [0.717, 1.165) is 25.7 Å². The van der Waals surface area contributed by atoms with Gasteiger partial charge in [-0.1, -0.05) is 36.5 Å². The Morgan fingerprint density at radius 2 is 1.82 bits per heavy atom. The highest BCUT2D eigenvalue weighted by Gasteiger charge is 2.23. The minimum atomic E-state index is -0.464. The topological polar surface area (TPSA) is 44.8 Å². The van der Waals surface area contributed by atoms with Gasteiger partial charge in [-0.15, -0.1) is 0 Å². The molecule has 0 saturated carbocycles. The van der Waals surface area contributed by atoms with Crippen LogP contribution in [0.25, 0.3) is 0 Å². The molecule has 158 valence electrons. The Kier molecular flexibility index (Phi) is 11.5. The van der Waals surface area contributed by atoms with Crippen molar-refractivity contribution < 1.29 is 19.0 Å². The van der Waals surface area contributed by atoms with E-state index < -0.39 is 5.41 Å². The molecule has 0 aliphatic rings. The van der Waals surface area contributed by atoms with Crippen LogP contribution >= 0.6 is 11.8 Å². The van der Waals surface area contributed by atoms with E-state index in [1.807, 2.05) is 39.0 Å². The van der Waals surface area contributed by atoms with Gasteiger partial charge in [-0.2, -0.15) is 0 Å². The Hall–Kier alpha value is -1.30. The molecule has 2 atom stereocenters. The lowest BCUT2D eigenvalue weighted by atomic mass is 9.97. The molecule has 0 aliphatic carbocycles. The van der Waals surface area contributed by atoms with Crippen molar-refractivity contribution in [2.24, 2.45) is 5.41 Å². The molecular formula is C23H36O4S. The van der Waals surface area contributed by atoms with Crippen molar-refractivity contribution in [3.63, 3.8) is 0 Å². The zero-order chi connectivity index (χ0) is 21.0. The molecule has 0 radical (unpaired) electrons. The molecule has 1 unspecified atom stereocenters. The highest BCUT2D eigenvalue weighted by Crippen LogP contribution is 2.28. The van der Waals surface area contributed by atoms with Crippen molar-refractivity contribution in [3.8, 4) is 0 Å². The van der Waals surface area contributed by atoms with E-state index in [1.165, 1.54) is 9.80 Å². The number of allylic oxidation sites excluding steroid dienone is 1. The standard InChI is InChI=1S/C23H36O4S/c1-18(12-10-13-19(2)28-20-14-8-7-9-15-20)27-21(25-6)16-11-17-26-22(24)23(3,4)5/h7-9,14-15,18,21H,2,10-13,16-17H2,1,3-6H3/t18-,21?/m1/s1. The van der Waals surface area contributed by atoms with Crippen molar-refractivity contribution in [2.45, 2.75) is 77.1 Å². The summed E-state index contributed by atoms with van der Waals surface area (Å²) in [5, 5.41) is 0. The van der Waals surface area contributed by atoms with Crippen LogP contribution in [-0.4, -0.2) is 32.1 Å². The average molecular weight is 409 g/mol. The van der Waals surface area contributed by atoms with Gasteiger partial charge in [-0.05, 0) is 70.4 Å². The summed E-state index contributed by atoms with van der Waals surface area (Å²) >= 11 is 1.73. The molecule has 0 N–H and O–H groups in total. The van der Waals surface area contributed by atoms with E-state index in [0.29, 0.717) is 13.0 Å².